The summed E-state index contributed by atoms with van der Waals surface area (Å²) in [6.07, 6.45) is 0. The van der Waals surface area contributed by atoms with Crippen LogP contribution in [0.2, 0.25) is 0 Å². The highest BCUT2D eigenvalue weighted by atomic mass is 32.3. The molecule has 0 atom stereocenters. The fraction of sp³-hybridized carbons (Fsp3) is 1.00. The van der Waals surface area contributed by atoms with Gasteiger partial charge in [0.05, 0.1) is 0 Å². The maximum atomic E-state index is 8.74. The van der Waals surface area contributed by atoms with Crippen molar-refractivity contribution in [3.8, 4) is 0 Å². The quantitative estimate of drug-likeness (QED) is 0.377. The first kappa shape index (κ1) is 12.5. The van der Waals surface area contributed by atoms with Gasteiger partial charge in [0.25, 0.3) is 0 Å². The molecule has 0 aromatic heterocycles. The van der Waals surface area contributed by atoms with Gasteiger partial charge in [-0.1, -0.05) is 0 Å². The molecule has 64 valence electrons. The number of likely N-dealkylation sites (N-methyl/N-ethyl adjacent to an activating group) is 1. The maximum Gasteiger partial charge on any atom is 0.394 e. The summed E-state index contributed by atoms with van der Waals surface area (Å²) in [5.74, 6) is 0. The standard InChI is InChI=1S/C3H10N2.H2O4S/c1-5-3-2-4;1-5(2,3)4/h5H,2-4H2,1H3;(H2,1,2,3,4). The van der Waals surface area contributed by atoms with Gasteiger partial charge in [0.2, 0.25) is 0 Å². The monoisotopic (exact) mass is 172 g/mol. The normalized spacial score (nSPS) is 10.0. The molecule has 10 heavy (non-hydrogen) atoms. The lowest BCUT2D eigenvalue weighted by atomic mass is 10.7. The summed E-state index contributed by atoms with van der Waals surface area (Å²) in [5.41, 5.74) is 5.08. The van der Waals surface area contributed by atoms with Gasteiger partial charge in [-0.05, 0) is 7.05 Å². The maximum absolute atomic E-state index is 8.74. The lowest BCUT2D eigenvalue weighted by Crippen LogP contribution is -2.17. The van der Waals surface area contributed by atoms with Crippen LogP contribution in [0, 0.1) is 0 Å². The summed E-state index contributed by atoms with van der Waals surface area (Å²) in [7, 11) is -2.78. The Morgan fingerprint density at radius 2 is 1.80 bits per heavy atom. The topological polar surface area (TPSA) is 113 Å². The molecule has 0 fully saturated rings. The van der Waals surface area contributed by atoms with E-state index in [9.17, 15) is 0 Å². The van der Waals surface area contributed by atoms with E-state index in [2.05, 4.69) is 5.32 Å². The molecule has 0 spiro atoms. The van der Waals surface area contributed by atoms with Gasteiger partial charge >= 0.3 is 10.4 Å². The Hall–Kier alpha value is -0.210. The highest BCUT2D eigenvalue weighted by molar-refractivity contribution is 7.79. The number of hydrogen-bond donors (Lipinski definition) is 4. The van der Waals surface area contributed by atoms with E-state index in [0.29, 0.717) is 0 Å². The number of nitrogens with two attached hydrogens (primary N) is 1. The van der Waals surface area contributed by atoms with Crippen molar-refractivity contribution in [3.63, 3.8) is 0 Å². The highest BCUT2D eigenvalue weighted by Gasteiger charge is 1.84. The van der Waals surface area contributed by atoms with E-state index in [1.54, 1.807) is 0 Å². The zero-order valence-electron chi connectivity index (χ0n) is 5.61. The van der Waals surface area contributed by atoms with Gasteiger partial charge in [0, 0.05) is 13.1 Å². The van der Waals surface area contributed by atoms with Gasteiger partial charge in [-0.2, -0.15) is 8.42 Å². The van der Waals surface area contributed by atoms with E-state index in [0.717, 1.165) is 13.1 Å². The third kappa shape index (κ3) is 112. The van der Waals surface area contributed by atoms with Gasteiger partial charge in [-0.25, -0.2) is 0 Å². The molecule has 0 aliphatic rings. The molecule has 0 saturated carbocycles. The zero-order valence-corrected chi connectivity index (χ0v) is 6.43. The van der Waals surface area contributed by atoms with Crippen LogP contribution in [0.25, 0.3) is 0 Å². The first-order chi connectivity index (χ1) is 4.41. The first-order valence-electron chi connectivity index (χ1n) is 2.46. The van der Waals surface area contributed by atoms with Crippen molar-refractivity contribution >= 4 is 10.4 Å². The Balaban J connectivity index is 0. The van der Waals surface area contributed by atoms with E-state index in [-0.39, 0.29) is 0 Å². The van der Waals surface area contributed by atoms with E-state index >= 15 is 0 Å². The Morgan fingerprint density at radius 1 is 1.50 bits per heavy atom. The molecule has 5 N–H and O–H groups in total. The second kappa shape index (κ2) is 6.90. The van der Waals surface area contributed by atoms with Crippen molar-refractivity contribution in [2.24, 2.45) is 5.73 Å². The van der Waals surface area contributed by atoms with Gasteiger partial charge in [0.1, 0.15) is 0 Å². The molecule has 7 heteroatoms. The fourth-order valence-corrected chi connectivity index (χ4v) is 0.144. The molecule has 0 saturated heterocycles. The molecule has 0 heterocycles. The zero-order chi connectivity index (χ0) is 8.62. The summed E-state index contributed by atoms with van der Waals surface area (Å²) in [6.45, 7) is 1.65. The third-order valence-corrected chi connectivity index (χ3v) is 0.394. The van der Waals surface area contributed by atoms with Crippen LogP contribution in [0.5, 0.6) is 0 Å². The van der Waals surface area contributed by atoms with Gasteiger partial charge in [-0.15, -0.1) is 0 Å². The molecule has 0 radical (unpaired) electrons. The van der Waals surface area contributed by atoms with Crippen molar-refractivity contribution in [1.29, 1.82) is 0 Å². The van der Waals surface area contributed by atoms with Crippen molar-refractivity contribution in [2.45, 2.75) is 0 Å². The molecule has 0 rings (SSSR count). The Labute approximate surface area is 60.0 Å². The first-order valence-corrected chi connectivity index (χ1v) is 3.86. The minimum absolute atomic E-state index is 0.733. The van der Waals surface area contributed by atoms with Crippen LogP contribution in [0.3, 0.4) is 0 Å². The Morgan fingerprint density at radius 3 is 1.80 bits per heavy atom. The molecule has 0 aromatic carbocycles. The summed E-state index contributed by atoms with van der Waals surface area (Å²) >= 11 is 0. The van der Waals surface area contributed by atoms with Crippen LogP contribution >= 0.6 is 0 Å². The van der Waals surface area contributed by atoms with E-state index in [1.165, 1.54) is 0 Å². The molecule has 0 bridgehead atoms. The van der Waals surface area contributed by atoms with Gasteiger partial charge in [-0.3, -0.25) is 9.11 Å². The predicted octanol–water partition coefficient (Wildman–Crippen LogP) is -1.49. The lowest BCUT2D eigenvalue weighted by Gasteiger charge is -1.85. The van der Waals surface area contributed by atoms with Crippen molar-refractivity contribution < 1.29 is 17.5 Å². The van der Waals surface area contributed by atoms with Crippen LogP contribution in [0.4, 0.5) is 0 Å². The summed E-state index contributed by atoms with van der Waals surface area (Å²) in [4.78, 5) is 0. The van der Waals surface area contributed by atoms with Gasteiger partial charge < -0.3 is 11.1 Å². The Kier molecular flexibility index (Phi) is 8.61. The van der Waals surface area contributed by atoms with E-state index in [1.807, 2.05) is 7.05 Å². The van der Waals surface area contributed by atoms with Crippen LogP contribution < -0.4 is 11.1 Å². The highest BCUT2D eigenvalue weighted by Crippen LogP contribution is 1.59. The molecular formula is C3H12N2O4S. The van der Waals surface area contributed by atoms with Crippen LogP contribution in [-0.2, 0) is 10.4 Å². The predicted molar refractivity (Wildman–Crippen MR) is 37.2 cm³/mol. The second-order valence-electron chi connectivity index (χ2n) is 1.34. The average Bonchev–Trinajstić information content (AvgIpc) is 1.63. The van der Waals surface area contributed by atoms with E-state index < -0.39 is 10.4 Å². The smallest absolute Gasteiger partial charge is 0.329 e. The number of rotatable bonds is 2. The number of nitrogens with one attached hydrogen (secondary N) is 1. The van der Waals surface area contributed by atoms with E-state index in [4.69, 9.17) is 23.3 Å². The molecule has 0 aromatic rings. The SMILES string of the molecule is CNCCN.O=S(=O)(O)O. The molecular weight excluding hydrogens is 160 g/mol. The van der Waals surface area contributed by atoms with Crippen LogP contribution in [0.15, 0.2) is 0 Å². The second-order valence-corrected chi connectivity index (χ2v) is 2.24. The minimum atomic E-state index is -4.67. The van der Waals surface area contributed by atoms with Crippen molar-refractivity contribution in [1.82, 2.24) is 5.32 Å². The van der Waals surface area contributed by atoms with Crippen molar-refractivity contribution in [3.05, 3.63) is 0 Å². The largest absolute Gasteiger partial charge is 0.394 e. The van der Waals surface area contributed by atoms with Crippen LogP contribution in [0.1, 0.15) is 0 Å². The van der Waals surface area contributed by atoms with Crippen molar-refractivity contribution in [2.75, 3.05) is 20.1 Å². The fourth-order valence-electron chi connectivity index (χ4n) is 0.144. The van der Waals surface area contributed by atoms with Crippen LogP contribution in [-0.4, -0.2) is 37.7 Å². The average molecular weight is 172 g/mol. The van der Waals surface area contributed by atoms with Gasteiger partial charge in [0.15, 0.2) is 0 Å². The minimum Gasteiger partial charge on any atom is -0.329 e. The summed E-state index contributed by atoms with van der Waals surface area (Å²) in [6, 6.07) is 0. The molecule has 6 nitrogen and oxygen atoms in total. The Bertz CT molecular complexity index is 133. The molecule has 0 aliphatic heterocycles. The molecule has 0 aliphatic carbocycles. The summed E-state index contributed by atoms with van der Waals surface area (Å²) < 4.78 is 31.6. The third-order valence-electron chi connectivity index (χ3n) is 0.394. The summed E-state index contributed by atoms with van der Waals surface area (Å²) in [5, 5.41) is 2.89. The number of hydrogen-bond acceptors (Lipinski definition) is 4. The molecule has 0 unspecified atom stereocenters. The molecule has 0 amide bonds. The lowest BCUT2D eigenvalue weighted by molar-refractivity contribution is 0.381.